The maximum atomic E-state index is 12.8. The van der Waals surface area contributed by atoms with Gasteiger partial charge in [0.15, 0.2) is 0 Å². The maximum absolute atomic E-state index is 12.8. The molecule has 1 aromatic heterocycles. The molecule has 3 aromatic rings. The summed E-state index contributed by atoms with van der Waals surface area (Å²) in [7, 11) is 0. The van der Waals surface area contributed by atoms with Gasteiger partial charge in [0.2, 0.25) is 5.91 Å². The van der Waals surface area contributed by atoms with Crippen LogP contribution >= 0.6 is 0 Å². The number of rotatable bonds is 7. The number of carbonyl (C=O) groups excluding carboxylic acids is 1. The second-order valence-electron chi connectivity index (χ2n) is 8.45. The Labute approximate surface area is 184 Å². The summed E-state index contributed by atoms with van der Waals surface area (Å²) in [6.07, 6.45) is 1.28. The van der Waals surface area contributed by atoms with Crippen molar-refractivity contribution in [1.29, 1.82) is 0 Å². The summed E-state index contributed by atoms with van der Waals surface area (Å²) < 4.78 is 7.88. The van der Waals surface area contributed by atoms with E-state index in [2.05, 4.69) is 54.2 Å². The van der Waals surface area contributed by atoms with Gasteiger partial charge in [-0.25, -0.2) is 4.98 Å². The van der Waals surface area contributed by atoms with E-state index in [0.717, 1.165) is 48.5 Å². The zero-order valence-electron chi connectivity index (χ0n) is 18.7. The van der Waals surface area contributed by atoms with Crippen LogP contribution in [-0.2, 0) is 35.6 Å². The average Bonchev–Trinajstić information content (AvgIpc) is 3.10. The molecule has 1 aliphatic heterocycles. The third-order valence-electron chi connectivity index (χ3n) is 5.84. The lowest BCUT2D eigenvalue weighted by Gasteiger charge is -2.35. The number of benzene rings is 2. The summed E-state index contributed by atoms with van der Waals surface area (Å²) in [5.74, 6) is 0.939. The molecule has 164 valence electrons. The molecule has 1 N–H and O–H groups in total. The molecule has 2 unspecified atom stereocenters. The van der Waals surface area contributed by atoms with E-state index in [9.17, 15) is 4.79 Å². The van der Waals surface area contributed by atoms with E-state index in [1.807, 2.05) is 34.9 Å². The first-order chi connectivity index (χ1) is 15.0. The quantitative estimate of drug-likeness (QED) is 0.635. The molecule has 4 rings (SSSR count). The highest BCUT2D eigenvalue weighted by molar-refractivity contribution is 5.81. The first-order valence-corrected chi connectivity index (χ1v) is 11.2. The number of hydrogen-bond donors (Lipinski definition) is 1. The second-order valence-corrected chi connectivity index (χ2v) is 8.45. The molecule has 0 radical (unpaired) electrons. The Morgan fingerprint density at radius 1 is 1.06 bits per heavy atom. The van der Waals surface area contributed by atoms with Crippen molar-refractivity contribution < 1.29 is 9.53 Å². The van der Waals surface area contributed by atoms with Gasteiger partial charge in [-0.2, -0.15) is 0 Å². The molecular formula is C25H32N4O2. The Hall–Kier alpha value is -2.70. The number of carbonyl (C=O) groups is 1. The zero-order valence-corrected chi connectivity index (χ0v) is 18.7. The van der Waals surface area contributed by atoms with Gasteiger partial charge in [-0.05, 0) is 37.1 Å². The normalized spacial score (nSPS) is 19.6. The number of nitrogens with zero attached hydrogens (tertiary/aromatic N) is 3. The van der Waals surface area contributed by atoms with Crippen molar-refractivity contribution in [2.24, 2.45) is 0 Å². The number of hydrogen-bond acceptors (Lipinski definition) is 4. The number of amides is 1. The first kappa shape index (κ1) is 21.5. The molecular weight excluding hydrogens is 388 g/mol. The van der Waals surface area contributed by atoms with Crippen molar-refractivity contribution in [2.75, 3.05) is 13.1 Å². The molecule has 1 fully saturated rings. The van der Waals surface area contributed by atoms with Gasteiger partial charge in [-0.3, -0.25) is 9.69 Å². The van der Waals surface area contributed by atoms with Crippen LogP contribution < -0.4 is 5.32 Å². The average molecular weight is 421 g/mol. The number of ether oxygens (including phenoxy) is 1. The van der Waals surface area contributed by atoms with Gasteiger partial charge in [0, 0.05) is 32.6 Å². The van der Waals surface area contributed by atoms with Crippen LogP contribution in [0.5, 0.6) is 0 Å². The molecule has 1 saturated heterocycles. The Morgan fingerprint density at radius 2 is 1.74 bits per heavy atom. The molecule has 0 spiro atoms. The Kier molecular flexibility index (Phi) is 6.68. The minimum Gasteiger partial charge on any atom is -0.373 e. The van der Waals surface area contributed by atoms with Gasteiger partial charge in [0.05, 0.1) is 23.2 Å². The number of morpholine rings is 1. The van der Waals surface area contributed by atoms with Crippen molar-refractivity contribution in [3.8, 4) is 0 Å². The van der Waals surface area contributed by atoms with Crippen LogP contribution in [0.4, 0.5) is 0 Å². The summed E-state index contributed by atoms with van der Waals surface area (Å²) in [5.41, 5.74) is 4.36. The summed E-state index contributed by atoms with van der Waals surface area (Å²) >= 11 is 0. The fourth-order valence-electron chi connectivity index (χ4n) is 4.50. The van der Waals surface area contributed by atoms with Crippen LogP contribution in [0.3, 0.4) is 0 Å². The van der Waals surface area contributed by atoms with Gasteiger partial charge in [-0.15, -0.1) is 0 Å². The van der Waals surface area contributed by atoms with Gasteiger partial charge < -0.3 is 14.6 Å². The predicted molar refractivity (Wildman–Crippen MR) is 123 cm³/mol. The van der Waals surface area contributed by atoms with Crippen molar-refractivity contribution >= 4 is 16.9 Å². The lowest BCUT2D eigenvalue weighted by Crippen LogP contribution is -2.45. The van der Waals surface area contributed by atoms with Crippen molar-refractivity contribution in [3.63, 3.8) is 0 Å². The molecule has 1 amide bonds. The third-order valence-corrected chi connectivity index (χ3v) is 5.84. The van der Waals surface area contributed by atoms with Gasteiger partial charge in [0.25, 0.3) is 0 Å². The van der Waals surface area contributed by atoms with E-state index >= 15 is 0 Å². The number of fused-ring (bicyclic) bond motifs is 1. The standard InChI is InChI=1S/C25H32N4O2/c1-4-24-27-22-11-7-8-12-23(22)29(24)17-25(30)26-13-20-9-5-6-10-21(20)16-28-14-18(2)31-19(3)15-28/h5-12,18-19H,4,13-17H2,1-3H3,(H,26,30). The van der Waals surface area contributed by atoms with E-state index < -0.39 is 0 Å². The first-order valence-electron chi connectivity index (χ1n) is 11.2. The Bertz CT molecular complexity index is 1030. The molecule has 6 heteroatoms. The topological polar surface area (TPSA) is 59.4 Å². The fraction of sp³-hybridized carbons (Fsp3) is 0.440. The highest BCUT2D eigenvalue weighted by Gasteiger charge is 2.22. The van der Waals surface area contributed by atoms with Crippen molar-refractivity contribution in [2.45, 2.75) is 59.0 Å². The summed E-state index contributed by atoms with van der Waals surface area (Å²) in [4.78, 5) is 19.9. The van der Waals surface area contributed by atoms with Crippen LogP contribution in [0.2, 0.25) is 0 Å². The van der Waals surface area contributed by atoms with Crippen molar-refractivity contribution in [1.82, 2.24) is 19.8 Å². The third kappa shape index (κ3) is 5.14. The number of aryl methyl sites for hydroxylation is 1. The Balaban J connectivity index is 1.41. The smallest absolute Gasteiger partial charge is 0.240 e. The molecule has 0 bridgehead atoms. The molecule has 6 nitrogen and oxygen atoms in total. The van der Waals surface area contributed by atoms with Crippen LogP contribution in [0.25, 0.3) is 11.0 Å². The SMILES string of the molecule is CCc1nc2ccccc2n1CC(=O)NCc1ccccc1CN1CC(C)OC(C)C1. The van der Waals surface area contributed by atoms with E-state index in [-0.39, 0.29) is 24.7 Å². The minimum absolute atomic E-state index is 0.00118. The number of para-hydroxylation sites is 2. The van der Waals surface area contributed by atoms with E-state index in [4.69, 9.17) is 4.74 Å². The number of aromatic nitrogens is 2. The van der Waals surface area contributed by atoms with E-state index in [1.165, 1.54) is 5.56 Å². The Morgan fingerprint density at radius 3 is 2.48 bits per heavy atom. The summed E-state index contributed by atoms with van der Waals surface area (Å²) in [6, 6.07) is 16.3. The van der Waals surface area contributed by atoms with Gasteiger partial charge in [-0.1, -0.05) is 43.3 Å². The van der Waals surface area contributed by atoms with Gasteiger partial charge in [0.1, 0.15) is 12.4 Å². The molecule has 2 heterocycles. The molecule has 0 aliphatic carbocycles. The second kappa shape index (κ2) is 9.62. The van der Waals surface area contributed by atoms with Crippen LogP contribution in [0.1, 0.15) is 37.7 Å². The van der Waals surface area contributed by atoms with Crippen molar-refractivity contribution in [3.05, 3.63) is 65.5 Å². The molecule has 2 atom stereocenters. The minimum atomic E-state index is 0.00118. The highest BCUT2D eigenvalue weighted by Crippen LogP contribution is 2.18. The summed E-state index contributed by atoms with van der Waals surface area (Å²) in [6.45, 7) is 9.85. The number of nitrogens with one attached hydrogen (secondary N) is 1. The molecule has 1 aliphatic rings. The van der Waals surface area contributed by atoms with Gasteiger partial charge >= 0.3 is 0 Å². The summed E-state index contributed by atoms with van der Waals surface area (Å²) in [5, 5.41) is 3.12. The highest BCUT2D eigenvalue weighted by atomic mass is 16.5. The number of imidazole rings is 1. The molecule has 31 heavy (non-hydrogen) atoms. The van der Waals surface area contributed by atoms with Crippen LogP contribution in [0.15, 0.2) is 48.5 Å². The maximum Gasteiger partial charge on any atom is 0.240 e. The zero-order chi connectivity index (χ0) is 21.8. The largest absolute Gasteiger partial charge is 0.373 e. The lowest BCUT2D eigenvalue weighted by atomic mass is 10.1. The predicted octanol–water partition coefficient (Wildman–Crippen LogP) is 3.52. The van der Waals surface area contributed by atoms with Crippen LogP contribution in [-0.4, -0.2) is 45.7 Å². The van der Waals surface area contributed by atoms with E-state index in [0.29, 0.717) is 6.54 Å². The molecule has 0 saturated carbocycles. The fourth-order valence-corrected chi connectivity index (χ4v) is 4.50. The van der Waals surface area contributed by atoms with E-state index in [1.54, 1.807) is 0 Å². The van der Waals surface area contributed by atoms with Crippen LogP contribution in [0, 0.1) is 0 Å². The monoisotopic (exact) mass is 420 g/mol. The lowest BCUT2D eigenvalue weighted by molar-refractivity contribution is -0.121. The molecule has 2 aromatic carbocycles.